The molecule has 188 valence electrons. The molecular formula is C23H24BrN7O5. The third-order valence-corrected chi connectivity index (χ3v) is 5.51. The van der Waals surface area contributed by atoms with E-state index in [0.29, 0.717) is 54.0 Å². The van der Waals surface area contributed by atoms with Crippen molar-refractivity contribution in [3.05, 3.63) is 52.5 Å². The van der Waals surface area contributed by atoms with Crippen LogP contribution in [-0.4, -0.2) is 72.3 Å². The van der Waals surface area contributed by atoms with E-state index in [1.54, 1.807) is 18.3 Å². The van der Waals surface area contributed by atoms with Gasteiger partial charge in [0.15, 0.2) is 18.1 Å². The fourth-order valence-electron chi connectivity index (χ4n) is 3.28. The standard InChI is InChI=1S/C23H24BrN7O5/c1-34-18-12-15(11-17(24)20(18)36-14-19(32)33)13-25-30-22-27-21(26-16-5-3-2-4-6-16)28-23(29-22)31-7-9-35-10-8-31/h2-6,11-13H,7-10,14H2,1H3,(H,32,33)(H2,26,27,28,29,30)/b25-13+. The number of carboxylic acid groups (broad SMARTS) is 1. The van der Waals surface area contributed by atoms with E-state index >= 15 is 0 Å². The molecule has 0 saturated carbocycles. The minimum Gasteiger partial charge on any atom is -0.493 e. The molecule has 1 aliphatic heterocycles. The van der Waals surface area contributed by atoms with Crippen LogP contribution in [0.5, 0.6) is 11.5 Å². The molecule has 1 saturated heterocycles. The Kier molecular flexibility index (Phi) is 8.47. The quantitative estimate of drug-likeness (QED) is 0.249. The lowest BCUT2D eigenvalue weighted by molar-refractivity contribution is -0.139. The van der Waals surface area contributed by atoms with Gasteiger partial charge in [0.25, 0.3) is 0 Å². The average Bonchev–Trinajstić information content (AvgIpc) is 2.88. The van der Waals surface area contributed by atoms with Crippen molar-refractivity contribution in [2.75, 3.05) is 55.7 Å². The molecule has 2 aromatic carbocycles. The van der Waals surface area contributed by atoms with Crippen LogP contribution in [0.3, 0.4) is 0 Å². The summed E-state index contributed by atoms with van der Waals surface area (Å²) >= 11 is 3.38. The van der Waals surface area contributed by atoms with Gasteiger partial charge in [-0.2, -0.15) is 20.1 Å². The molecule has 2 heterocycles. The van der Waals surface area contributed by atoms with Crippen molar-refractivity contribution in [3.8, 4) is 11.5 Å². The molecule has 3 N–H and O–H groups in total. The fraction of sp³-hybridized carbons (Fsp3) is 0.261. The van der Waals surface area contributed by atoms with Crippen molar-refractivity contribution in [2.45, 2.75) is 0 Å². The van der Waals surface area contributed by atoms with Crippen molar-refractivity contribution in [2.24, 2.45) is 5.10 Å². The van der Waals surface area contributed by atoms with E-state index in [1.165, 1.54) is 7.11 Å². The molecule has 0 unspecified atom stereocenters. The number of methoxy groups -OCH3 is 1. The second kappa shape index (κ2) is 12.1. The van der Waals surface area contributed by atoms with E-state index in [4.69, 9.17) is 19.3 Å². The van der Waals surface area contributed by atoms with Gasteiger partial charge in [-0.3, -0.25) is 0 Å². The van der Waals surface area contributed by atoms with Gasteiger partial charge in [-0.15, -0.1) is 0 Å². The van der Waals surface area contributed by atoms with Crippen molar-refractivity contribution >= 4 is 51.6 Å². The Morgan fingerprint density at radius 1 is 1.19 bits per heavy atom. The molecule has 1 aromatic heterocycles. The van der Waals surface area contributed by atoms with Gasteiger partial charge in [0.05, 0.1) is 31.0 Å². The van der Waals surface area contributed by atoms with Gasteiger partial charge >= 0.3 is 5.97 Å². The summed E-state index contributed by atoms with van der Waals surface area (Å²) in [7, 11) is 1.47. The minimum atomic E-state index is -1.09. The molecule has 0 amide bonds. The lowest BCUT2D eigenvalue weighted by Crippen LogP contribution is -2.37. The third-order valence-electron chi connectivity index (χ3n) is 4.92. The molecule has 4 rings (SSSR count). The number of rotatable bonds is 10. The monoisotopic (exact) mass is 557 g/mol. The van der Waals surface area contributed by atoms with Crippen LogP contribution in [0.2, 0.25) is 0 Å². The lowest BCUT2D eigenvalue weighted by Gasteiger charge is -2.27. The van der Waals surface area contributed by atoms with E-state index in [2.05, 4.69) is 46.7 Å². The number of hydrogen-bond donors (Lipinski definition) is 3. The van der Waals surface area contributed by atoms with Crippen molar-refractivity contribution < 1.29 is 24.1 Å². The Morgan fingerprint density at radius 2 is 1.94 bits per heavy atom. The molecule has 0 radical (unpaired) electrons. The molecule has 13 heteroatoms. The highest BCUT2D eigenvalue weighted by Gasteiger charge is 2.17. The van der Waals surface area contributed by atoms with Gasteiger partial charge in [-0.1, -0.05) is 18.2 Å². The number of halogens is 1. The summed E-state index contributed by atoms with van der Waals surface area (Å²) in [6.07, 6.45) is 1.55. The third kappa shape index (κ3) is 6.79. The summed E-state index contributed by atoms with van der Waals surface area (Å²) in [6, 6.07) is 13.0. The van der Waals surface area contributed by atoms with E-state index in [1.807, 2.05) is 35.2 Å². The van der Waals surface area contributed by atoms with Gasteiger partial charge in [0, 0.05) is 18.8 Å². The van der Waals surface area contributed by atoms with E-state index in [-0.39, 0.29) is 11.7 Å². The van der Waals surface area contributed by atoms with Crippen molar-refractivity contribution in [3.63, 3.8) is 0 Å². The van der Waals surface area contributed by atoms with Crippen LogP contribution in [-0.2, 0) is 9.53 Å². The van der Waals surface area contributed by atoms with Crippen LogP contribution >= 0.6 is 15.9 Å². The molecule has 1 fully saturated rings. The van der Waals surface area contributed by atoms with Crippen LogP contribution in [0, 0.1) is 0 Å². The number of hydrazone groups is 1. The highest BCUT2D eigenvalue weighted by Crippen LogP contribution is 2.36. The Balaban J connectivity index is 1.54. The van der Waals surface area contributed by atoms with Gasteiger partial charge in [-0.05, 0) is 45.8 Å². The molecule has 0 atom stereocenters. The number of aromatic nitrogens is 3. The normalized spacial score (nSPS) is 13.4. The highest BCUT2D eigenvalue weighted by molar-refractivity contribution is 9.10. The number of benzene rings is 2. The zero-order valence-electron chi connectivity index (χ0n) is 19.3. The van der Waals surface area contributed by atoms with E-state index in [9.17, 15) is 4.79 Å². The molecule has 0 spiro atoms. The summed E-state index contributed by atoms with van der Waals surface area (Å²) in [6.45, 7) is 2.03. The predicted octanol–water partition coefficient (Wildman–Crippen LogP) is 3.13. The van der Waals surface area contributed by atoms with E-state index < -0.39 is 12.6 Å². The van der Waals surface area contributed by atoms with Crippen molar-refractivity contribution in [1.29, 1.82) is 0 Å². The number of hydrogen-bond acceptors (Lipinski definition) is 11. The number of nitrogens with zero attached hydrogens (tertiary/aromatic N) is 5. The van der Waals surface area contributed by atoms with Crippen LogP contribution in [0.15, 0.2) is 52.0 Å². The Labute approximate surface area is 215 Å². The zero-order chi connectivity index (χ0) is 25.3. The molecular weight excluding hydrogens is 534 g/mol. The number of carboxylic acids is 1. The summed E-state index contributed by atoms with van der Waals surface area (Å²) in [4.78, 5) is 26.4. The Hall–Kier alpha value is -3.97. The van der Waals surface area contributed by atoms with Crippen molar-refractivity contribution in [1.82, 2.24) is 15.0 Å². The number of anilines is 4. The number of para-hydroxylation sites is 1. The summed E-state index contributed by atoms with van der Waals surface area (Å²) in [5, 5.41) is 16.3. The second-order valence-corrected chi connectivity index (χ2v) is 8.31. The minimum absolute atomic E-state index is 0.258. The van der Waals surface area contributed by atoms with Gasteiger partial charge in [0.2, 0.25) is 17.8 Å². The first-order chi connectivity index (χ1) is 17.5. The van der Waals surface area contributed by atoms with Gasteiger partial charge in [-0.25, -0.2) is 10.2 Å². The number of aliphatic carboxylic acids is 1. The molecule has 0 aliphatic carbocycles. The largest absolute Gasteiger partial charge is 0.493 e. The molecule has 1 aliphatic rings. The van der Waals surface area contributed by atoms with Crippen LogP contribution in [0.4, 0.5) is 23.5 Å². The molecule has 12 nitrogen and oxygen atoms in total. The first-order valence-electron chi connectivity index (χ1n) is 10.9. The smallest absolute Gasteiger partial charge is 0.341 e. The number of ether oxygens (including phenoxy) is 3. The first-order valence-corrected chi connectivity index (χ1v) is 11.7. The SMILES string of the molecule is COc1cc(/C=N/Nc2nc(Nc3ccccc3)nc(N3CCOCC3)n2)cc(Br)c1OCC(=O)O. The zero-order valence-corrected chi connectivity index (χ0v) is 20.9. The van der Waals surface area contributed by atoms with Gasteiger partial charge < -0.3 is 29.5 Å². The number of morpholine rings is 1. The number of carbonyl (C=O) groups is 1. The maximum absolute atomic E-state index is 10.8. The fourth-order valence-corrected chi connectivity index (χ4v) is 3.85. The molecule has 3 aromatic rings. The van der Waals surface area contributed by atoms with Gasteiger partial charge in [0.1, 0.15) is 0 Å². The molecule has 36 heavy (non-hydrogen) atoms. The van der Waals surface area contributed by atoms with Crippen LogP contribution in [0.1, 0.15) is 5.56 Å². The van der Waals surface area contributed by atoms with E-state index in [0.717, 1.165) is 5.69 Å². The highest BCUT2D eigenvalue weighted by atomic mass is 79.9. The predicted molar refractivity (Wildman–Crippen MR) is 138 cm³/mol. The maximum Gasteiger partial charge on any atom is 0.341 e. The average molecular weight is 558 g/mol. The summed E-state index contributed by atoms with van der Waals surface area (Å²) in [5.74, 6) is 0.696. The summed E-state index contributed by atoms with van der Waals surface area (Å²) in [5.41, 5.74) is 4.36. The topological polar surface area (TPSA) is 143 Å². The maximum atomic E-state index is 10.8. The first kappa shape index (κ1) is 25.1. The molecule has 0 bridgehead atoms. The Morgan fingerprint density at radius 3 is 2.67 bits per heavy atom. The van der Waals surface area contributed by atoms with Crippen LogP contribution in [0.25, 0.3) is 0 Å². The Bertz CT molecular complexity index is 1220. The second-order valence-electron chi connectivity index (χ2n) is 7.46. The lowest BCUT2D eigenvalue weighted by atomic mass is 10.2. The summed E-state index contributed by atoms with van der Waals surface area (Å²) < 4.78 is 16.6. The number of nitrogens with one attached hydrogen (secondary N) is 2. The van der Waals surface area contributed by atoms with Crippen LogP contribution < -0.4 is 25.1 Å².